The van der Waals surface area contributed by atoms with E-state index < -0.39 is 0 Å². The molecule has 1 aliphatic rings. The van der Waals surface area contributed by atoms with Crippen LogP contribution in [0.2, 0.25) is 0 Å². The molecular formula is C15H18FN3. The van der Waals surface area contributed by atoms with E-state index in [-0.39, 0.29) is 11.9 Å². The number of rotatable bonds is 4. The zero-order chi connectivity index (χ0) is 13.2. The smallest absolute Gasteiger partial charge is 0.126 e. The van der Waals surface area contributed by atoms with Crippen molar-refractivity contribution in [3.8, 4) is 0 Å². The summed E-state index contributed by atoms with van der Waals surface area (Å²) in [6.07, 6.45) is 5.54. The molecule has 0 saturated carbocycles. The van der Waals surface area contributed by atoms with Gasteiger partial charge in [-0.1, -0.05) is 12.1 Å². The van der Waals surface area contributed by atoms with Gasteiger partial charge in [-0.3, -0.25) is 4.68 Å². The highest BCUT2D eigenvalue weighted by atomic mass is 19.1. The molecule has 4 heteroatoms. The zero-order valence-corrected chi connectivity index (χ0v) is 11.0. The van der Waals surface area contributed by atoms with Gasteiger partial charge in [-0.25, -0.2) is 4.39 Å². The molecule has 2 atom stereocenters. The first kappa shape index (κ1) is 12.4. The fourth-order valence-electron chi connectivity index (χ4n) is 2.87. The van der Waals surface area contributed by atoms with E-state index in [4.69, 9.17) is 0 Å². The first-order valence-corrected chi connectivity index (χ1v) is 6.75. The second-order valence-corrected chi connectivity index (χ2v) is 5.19. The minimum absolute atomic E-state index is 0.0680. The molecule has 0 amide bonds. The largest absolute Gasteiger partial charge is 0.306 e. The van der Waals surface area contributed by atoms with Crippen LogP contribution in [0.3, 0.4) is 0 Å². The van der Waals surface area contributed by atoms with Crippen molar-refractivity contribution < 1.29 is 4.39 Å². The number of fused-ring (bicyclic) bond motifs is 1. The molecule has 2 unspecified atom stereocenters. The Morgan fingerprint density at radius 1 is 1.47 bits per heavy atom. The predicted molar refractivity (Wildman–Crippen MR) is 72.3 cm³/mol. The SMILES string of the molecule is CC(Cn1cccn1)NC1CCc2c(F)cccc21. The second kappa shape index (κ2) is 5.13. The molecule has 0 bridgehead atoms. The molecule has 100 valence electrons. The molecule has 19 heavy (non-hydrogen) atoms. The molecule has 0 spiro atoms. The van der Waals surface area contributed by atoms with Crippen molar-refractivity contribution in [3.63, 3.8) is 0 Å². The topological polar surface area (TPSA) is 29.9 Å². The number of nitrogens with zero attached hydrogens (tertiary/aromatic N) is 2. The Bertz CT molecular complexity index is 551. The van der Waals surface area contributed by atoms with E-state index in [2.05, 4.69) is 17.3 Å². The van der Waals surface area contributed by atoms with Gasteiger partial charge in [0.2, 0.25) is 0 Å². The third-order valence-electron chi connectivity index (χ3n) is 3.72. The molecule has 0 saturated heterocycles. The normalized spacial score (nSPS) is 19.4. The summed E-state index contributed by atoms with van der Waals surface area (Å²) in [5.41, 5.74) is 2.00. The lowest BCUT2D eigenvalue weighted by Crippen LogP contribution is -2.33. The maximum Gasteiger partial charge on any atom is 0.126 e. The monoisotopic (exact) mass is 259 g/mol. The van der Waals surface area contributed by atoms with Gasteiger partial charge in [0.15, 0.2) is 0 Å². The Morgan fingerprint density at radius 2 is 2.37 bits per heavy atom. The lowest BCUT2D eigenvalue weighted by atomic mass is 10.1. The summed E-state index contributed by atoms with van der Waals surface area (Å²) >= 11 is 0. The number of hydrogen-bond acceptors (Lipinski definition) is 2. The quantitative estimate of drug-likeness (QED) is 0.915. The zero-order valence-electron chi connectivity index (χ0n) is 11.0. The van der Waals surface area contributed by atoms with Crippen molar-refractivity contribution in [1.82, 2.24) is 15.1 Å². The van der Waals surface area contributed by atoms with Crippen LogP contribution in [0.1, 0.15) is 30.5 Å². The van der Waals surface area contributed by atoms with Crippen LogP contribution < -0.4 is 5.32 Å². The minimum atomic E-state index is -0.0680. The first-order valence-electron chi connectivity index (χ1n) is 6.75. The van der Waals surface area contributed by atoms with Gasteiger partial charge in [0.1, 0.15) is 5.82 Å². The molecule has 1 aliphatic carbocycles. The van der Waals surface area contributed by atoms with E-state index in [0.29, 0.717) is 6.04 Å². The lowest BCUT2D eigenvalue weighted by molar-refractivity contribution is 0.398. The standard InChI is InChI=1S/C15H18FN3/c1-11(10-19-9-3-8-17-19)18-15-7-6-12-13(15)4-2-5-14(12)16/h2-5,8-9,11,15,18H,6-7,10H2,1H3. The molecule has 3 nitrogen and oxygen atoms in total. The summed E-state index contributed by atoms with van der Waals surface area (Å²) in [6.45, 7) is 2.97. The van der Waals surface area contributed by atoms with Crippen LogP contribution in [0, 0.1) is 5.82 Å². The Labute approximate surface area is 112 Å². The van der Waals surface area contributed by atoms with E-state index in [0.717, 1.165) is 30.5 Å². The van der Waals surface area contributed by atoms with Crippen LogP contribution >= 0.6 is 0 Å². The lowest BCUT2D eigenvalue weighted by Gasteiger charge is -2.20. The third kappa shape index (κ3) is 2.54. The van der Waals surface area contributed by atoms with Gasteiger partial charge in [-0.15, -0.1) is 0 Å². The summed E-state index contributed by atoms with van der Waals surface area (Å²) < 4.78 is 15.6. The van der Waals surface area contributed by atoms with Gasteiger partial charge < -0.3 is 5.32 Å². The first-order chi connectivity index (χ1) is 9.24. The van der Waals surface area contributed by atoms with Crippen LogP contribution in [0.15, 0.2) is 36.7 Å². The van der Waals surface area contributed by atoms with Gasteiger partial charge in [0, 0.05) is 24.5 Å². The summed E-state index contributed by atoms with van der Waals surface area (Å²) in [4.78, 5) is 0. The minimum Gasteiger partial charge on any atom is -0.306 e. The Morgan fingerprint density at radius 3 is 3.16 bits per heavy atom. The fourth-order valence-corrected chi connectivity index (χ4v) is 2.87. The van der Waals surface area contributed by atoms with Gasteiger partial charge >= 0.3 is 0 Å². The summed E-state index contributed by atoms with van der Waals surface area (Å²) in [7, 11) is 0. The summed E-state index contributed by atoms with van der Waals surface area (Å²) in [5.74, 6) is -0.0680. The average molecular weight is 259 g/mol. The van der Waals surface area contributed by atoms with Crippen LogP contribution in [-0.4, -0.2) is 15.8 Å². The van der Waals surface area contributed by atoms with E-state index in [1.165, 1.54) is 0 Å². The van der Waals surface area contributed by atoms with Crippen molar-refractivity contribution in [3.05, 3.63) is 53.6 Å². The molecule has 1 aromatic carbocycles. The Hall–Kier alpha value is -1.68. The maximum absolute atomic E-state index is 13.7. The maximum atomic E-state index is 13.7. The molecule has 1 heterocycles. The van der Waals surface area contributed by atoms with Crippen LogP contribution in [0.4, 0.5) is 4.39 Å². The molecule has 1 aromatic heterocycles. The highest BCUT2D eigenvalue weighted by molar-refractivity contribution is 5.35. The predicted octanol–water partition coefficient (Wildman–Crippen LogP) is 2.69. The molecule has 0 fully saturated rings. The molecule has 3 rings (SSSR count). The van der Waals surface area contributed by atoms with E-state index in [1.807, 2.05) is 23.0 Å². The van der Waals surface area contributed by atoms with E-state index in [1.54, 1.807) is 18.3 Å². The van der Waals surface area contributed by atoms with Gasteiger partial charge in [-0.05, 0) is 43.0 Å². The van der Waals surface area contributed by atoms with Gasteiger partial charge in [0.25, 0.3) is 0 Å². The number of halogens is 1. The fraction of sp³-hybridized carbons (Fsp3) is 0.400. The number of hydrogen-bond donors (Lipinski definition) is 1. The van der Waals surface area contributed by atoms with Crippen molar-refractivity contribution in [2.45, 2.75) is 38.4 Å². The molecular weight excluding hydrogens is 241 g/mol. The second-order valence-electron chi connectivity index (χ2n) is 5.19. The number of benzene rings is 1. The highest BCUT2D eigenvalue weighted by Gasteiger charge is 2.25. The molecule has 1 N–H and O–H groups in total. The Kier molecular flexibility index (Phi) is 3.34. The molecule has 0 aliphatic heterocycles. The molecule has 2 aromatic rings. The van der Waals surface area contributed by atoms with Gasteiger partial charge in [0.05, 0.1) is 6.54 Å². The van der Waals surface area contributed by atoms with Crippen molar-refractivity contribution in [2.24, 2.45) is 0 Å². The van der Waals surface area contributed by atoms with Crippen LogP contribution in [-0.2, 0) is 13.0 Å². The van der Waals surface area contributed by atoms with Crippen molar-refractivity contribution in [1.29, 1.82) is 0 Å². The summed E-state index contributed by atoms with van der Waals surface area (Å²) in [6, 6.07) is 7.87. The van der Waals surface area contributed by atoms with Crippen LogP contribution in [0.5, 0.6) is 0 Å². The third-order valence-corrected chi connectivity index (χ3v) is 3.72. The number of aromatic nitrogens is 2. The van der Waals surface area contributed by atoms with Crippen LogP contribution in [0.25, 0.3) is 0 Å². The van der Waals surface area contributed by atoms with Crippen molar-refractivity contribution in [2.75, 3.05) is 0 Å². The van der Waals surface area contributed by atoms with Gasteiger partial charge in [-0.2, -0.15) is 5.10 Å². The Balaban J connectivity index is 1.68. The van der Waals surface area contributed by atoms with E-state index >= 15 is 0 Å². The number of nitrogens with one attached hydrogen (secondary N) is 1. The van der Waals surface area contributed by atoms with Crippen molar-refractivity contribution >= 4 is 0 Å². The molecule has 0 radical (unpaired) electrons. The van der Waals surface area contributed by atoms with E-state index in [9.17, 15) is 4.39 Å². The average Bonchev–Trinajstić information content (AvgIpc) is 3.01. The highest BCUT2D eigenvalue weighted by Crippen LogP contribution is 2.32. The summed E-state index contributed by atoms with van der Waals surface area (Å²) in [5, 5.41) is 7.78.